The first-order valence-electron chi connectivity index (χ1n) is 13.2. The molecule has 1 saturated carbocycles. The van der Waals surface area contributed by atoms with E-state index in [-0.39, 0.29) is 36.8 Å². The summed E-state index contributed by atoms with van der Waals surface area (Å²) in [6.45, 7) is 3.69. The lowest BCUT2D eigenvalue weighted by Crippen LogP contribution is -2.66. The second kappa shape index (κ2) is 10.3. The van der Waals surface area contributed by atoms with Crippen molar-refractivity contribution < 1.29 is 13.6 Å². The van der Waals surface area contributed by atoms with Crippen LogP contribution >= 0.6 is 11.6 Å². The molecule has 0 spiro atoms. The molecule has 0 unspecified atom stereocenters. The fourth-order valence-corrected chi connectivity index (χ4v) is 5.38. The maximum absolute atomic E-state index is 13.3. The average molecular weight is 582 g/mol. The Bertz CT molecular complexity index is 1590. The maximum atomic E-state index is 13.3. The number of alkyl halides is 2. The van der Waals surface area contributed by atoms with Crippen LogP contribution in [0.3, 0.4) is 0 Å². The van der Waals surface area contributed by atoms with Crippen molar-refractivity contribution in [2.45, 2.75) is 37.8 Å². The Balaban J connectivity index is 1.19. The fourth-order valence-electron chi connectivity index (χ4n) is 5.10. The highest BCUT2D eigenvalue weighted by Gasteiger charge is 2.44. The maximum Gasteiger partial charge on any atom is 0.322 e. The van der Waals surface area contributed by atoms with Gasteiger partial charge < -0.3 is 20.4 Å². The van der Waals surface area contributed by atoms with Crippen LogP contribution in [0.1, 0.15) is 31.0 Å². The monoisotopic (exact) mass is 581 g/mol. The quantitative estimate of drug-likeness (QED) is 0.428. The van der Waals surface area contributed by atoms with E-state index in [4.69, 9.17) is 11.6 Å². The summed E-state index contributed by atoms with van der Waals surface area (Å²) in [5, 5.41) is 30.5. The third-order valence-electron chi connectivity index (χ3n) is 7.52. The molecule has 3 aromatic rings. The van der Waals surface area contributed by atoms with E-state index in [0.717, 1.165) is 12.8 Å². The van der Waals surface area contributed by atoms with Crippen molar-refractivity contribution in [2.75, 3.05) is 54.8 Å². The molecule has 2 N–H and O–H groups in total. The molecule has 1 amide bonds. The second-order valence-corrected chi connectivity index (χ2v) is 10.9. The lowest BCUT2D eigenvalue weighted by Gasteiger charge is -2.48. The Hall–Kier alpha value is -4.27. The molecule has 0 bridgehead atoms. The van der Waals surface area contributed by atoms with Gasteiger partial charge in [-0.2, -0.15) is 28.8 Å². The van der Waals surface area contributed by atoms with Gasteiger partial charge in [-0.15, -0.1) is 5.10 Å². The van der Waals surface area contributed by atoms with Crippen molar-refractivity contribution in [2.24, 2.45) is 0 Å². The molecule has 12 nitrogen and oxygen atoms in total. The van der Waals surface area contributed by atoms with E-state index >= 15 is 0 Å². The number of amides is 1. The summed E-state index contributed by atoms with van der Waals surface area (Å²) in [6, 6.07) is 7.92. The topological polar surface area (TPSA) is 142 Å². The zero-order chi connectivity index (χ0) is 28.9. The van der Waals surface area contributed by atoms with Gasteiger partial charge in [0.2, 0.25) is 5.95 Å². The molecule has 15 heteroatoms. The van der Waals surface area contributed by atoms with E-state index in [0.29, 0.717) is 66.5 Å². The first kappa shape index (κ1) is 26.9. The largest absolute Gasteiger partial charge is 0.368 e. The molecule has 2 aliphatic heterocycles. The van der Waals surface area contributed by atoms with E-state index in [1.165, 1.54) is 15.6 Å². The van der Waals surface area contributed by atoms with Gasteiger partial charge in [-0.25, -0.2) is 4.98 Å². The molecular formula is C26H26ClF2N11O. The van der Waals surface area contributed by atoms with Crippen LogP contribution < -0.4 is 15.5 Å². The Morgan fingerprint density at radius 2 is 1.88 bits per heavy atom. The number of hydrogen-bond acceptors (Lipinski definition) is 10. The number of imidazole rings is 1. The van der Waals surface area contributed by atoms with Gasteiger partial charge in [0, 0.05) is 58.3 Å². The molecule has 3 aliphatic rings. The minimum atomic E-state index is -3.36. The van der Waals surface area contributed by atoms with E-state index < -0.39 is 11.8 Å². The molecular weight excluding hydrogens is 556 g/mol. The molecule has 212 valence electrons. The summed E-state index contributed by atoms with van der Waals surface area (Å²) < 4.78 is 28.1. The first-order valence-corrected chi connectivity index (χ1v) is 13.6. The Kier molecular flexibility index (Phi) is 6.76. The van der Waals surface area contributed by atoms with Gasteiger partial charge in [0.1, 0.15) is 6.07 Å². The molecule has 2 saturated heterocycles. The summed E-state index contributed by atoms with van der Waals surface area (Å²) in [4.78, 5) is 26.1. The molecule has 6 rings (SSSR count). The number of nitrogens with one attached hydrogen (secondary N) is 2. The minimum Gasteiger partial charge on any atom is -0.368 e. The normalized spacial score (nSPS) is 18.1. The minimum absolute atomic E-state index is 0.0357. The summed E-state index contributed by atoms with van der Waals surface area (Å²) >= 11 is 6.86. The van der Waals surface area contributed by atoms with Crippen LogP contribution in [-0.2, 0) is 4.79 Å². The number of hydrogen-bond donors (Lipinski definition) is 2. The molecule has 1 aliphatic carbocycles. The molecule has 0 atom stereocenters. The first-order chi connectivity index (χ1) is 19.6. The van der Waals surface area contributed by atoms with Crippen LogP contribution in [0, 0.1) is 22.7 Å². The second-order valence-electron chi connectivity index (χ2n) is 10.6. The van der Waals surface area contributed by atoms with Gasteiger partial charge in [0.25, 0.3) is 5.91 Å². The highest BCUT2D eigenvalue weighted by Crippen LogP contribution is 2.37. The zero-order valence-corrected chi connectivity index (χ0v) is 22.9. The van der Waals surface area contributed by atoms with Gasteiger partial charge >= 0.3 is 5.92 Å². The third kappa shape index (κ3) is 5.28. The number of fused-ring (bicyclic) bond motifs is 1. The van der Waals surface area contributed by atoms with Gasteiger partial charge in [0.05, 0.1) is 34.2 Å². The van der Waals surface area contributed by atoms with Crippen molar-refractivity contribution in [3.8, 4) is 12.1 Å². The standard InChI is InChI=1S/C26H26ClF2N11O/c1-26(28,29)24(41)39-13-18(14-39)37-4-6-38(7-5-37)20-9-15(10-30)8-19(21(20)27)34-25-35-22(33-16-2-3-16)23-32-12-17(11-31)40(23)36-25/h8-9,12,16,18H,2-7,13-14H2,1H3,(H2,33,34,35,36). The lowest BCUT2D eigenvalue weighted by atomic mass is 10.0. The highest BCUT2D eigenvalue weighted by atomic mass is 35.5. The summed E-state index contributed by atoms with van der Waals surface area (Å²) in [5.41, 5.74) is 2.19. The number of nitriles is 2. The predicted molar refractivity (Wildman–Crippen MR) is 146 cm³/mol. The van der Waals surface area contributed by atoms with Crippen molar-refractivity contribution in [3.05, 3.63) is 34.6 Å². The molecule has 0 radical (unpaired) electrons. The van der Waals surface area contributed by atoms with Crippen molar-refractivity contribution in [1.29, 1.82) is 10.5 Å². The predicted octanol–water partition coefficient (Wildman–Crippen LogP) is 2.83. The molecule has 3 fully saturated rings. The van der Waals surface area contributed by atoms with E-state index in [1.54, 1.807) is 12.1 Å². The number of anilines is 4. The van der Waals surface area contributed by atoms with Crippen molar-refractivity contribution in [3.63, 3.8) is 0 Å². The van der Waals surface area contributed by atoms with Crippen molar-refractivity contribution >= 4 is 46.3 Å². The van der Waals surface area contributed by atoms with Gasteiger partial charge in [0.15, 0.2) is 17.2 Å². The summed E-state index contributed by atoms with van der Waals surface area (Å²) in [7, 11) is 0. The van der Waals surface area contributed by atoms with E-state index in [9.17, 15) is 24.1 Å². The van der Waals surface area contributed by atoms with Gasteiger partial charge in [-0.3, -0.25) is 9.69 Å². The Labute approximate surface area is 239 Å². The third-order valence-corrected chi connectivity index (χ3v) is 7.92. The van der Waals surface area contributed by atoms with Crippen LogP contribution in [0.15, 0.2) is 18.3 Å². The number of carbonyl (C=O) groups is 1. The fraction of sp³-hybridized carbons (Fsp3) is 0.462. The highest BCUT2D eigenvalue weighted by molar-refractivity contribution is 6.36. The van der Waals surface area contributed by atoms with Gasteiger partial charge in [-0.05, 0) is 25.0 Å². The Morgan fingerprint density at radius 3 is 2.51 bits per heavy atom. The number of rotatable bonds is 7. The molecule has 1 aromatic carbocycles. The van der Waals surface area contributed by atoms with E-state index in [1.807, 2.05) is 0 Å². The van der Waals surface area contributed by atoms with Crippen molar-refractivity contribution in [1.82, 2.24) is 29.4 Å². The number of carbonyl (C=O) groups excluding carboxylic acids is 1. The number of piperazine rings is 1. The number of nitrogens with zero attached hydrogens (tertiary/aromatic N) is 9. The number of likely N-dealkylation sites (tertiary alicyclic amines) is 1. The van der Waals surface area contributed by atoms with Crippen LogP contribution in [-0.4, -0.2) is 92.6 Å². The smallest absolute Gasteiger partial charge is 0.322 e. The zero-order valence-electron chi connectivity index (χ0n) is 22.1. The molecule has 2 aromatic heterocycles. The number of halogens is 3. The number of benzene rings is 1. The number of aromatic nitrogens is 4. The van der Waals surface area contributed by atoms with Crippen LogP contribution in [0.25, 0.3) is 5.65 Å². The van der Waals surface area contributed by atoms with Gasteiger partial charge in [-0.1, -0.05) is 11.6 Å². The molecule has 4 heterocycles. The summed E-state index contributed by atoms with van der Waals surface area (Å²) in [6.07, 6.45) is 3.47. The van der Waals surface area contributed by atoms with Crippen LogP contribution in [0.2, 0.25) is 5.02 Å². The van der Waals surface area contributed by atoms with Crippen LogP contribution in [0.5, 0.6) is 0 Å². The SMILES string of the molecule is CC(F)(F)C(=O)N1CC(N2CCN(c3cc(C#N)cc(Nc4nc(NC5CC5)c5ncc(C#N)n5n4)c3Cl)CC2)C1. The molecule has 41 heavy (non-hydrogen) atoms. The Morgan fingerprint density at radius 1 is 1.15 bits per heavy atom. The average Bonchev–Trinajstić information content (AvgIpc) is 3.64. The summed E-state index contributed by atoms with van der Waals surface area (Å²) in [5.74, 6) is -3.82. The van der Waals surface area contributed by atoms with Crippen LogP contribution in [0.4, 0.5) is 31.9 Å². The van der Waals surface area contributed by atoms with E-state index in [2.05, 4.69) is 47.6 Å². The lowest BCUT2D eigenvalue weighted by molar-refractivity contribution is -0.162.